The number of hydrogen-bond acceptors (Lipinski definition) is 9. The molecule has 1 N–H and O–H groups in total. The summed E-state index contributed by atoms with van der Waals surface area (Å²) >= 11 is 0. The molecule has 0 bridgehead atoms. The van der Waals surface area contributed by atoms with E-state index in [1.165, 1.54) is 32.1 Å². The predicted octanol–water partition coefficient (Wildman–Crippen LogP) is 1.93. The number of aromatic nitrogens is 5. The molecular weight excluding hydrogens is 462 g/mol. The molecule has 2 fully saturated rings. The van der Waals surface area contributed by atoms with Crippen LogP contribution in [0.5, 0.6) is 11.5 Å². The van der Waals surface area contributed by atoms with Gasteiger partial charge in [0.15, 0.2) is 17.3 Å². The first-order chi connectivity index (χ1) is 17.7. The molecule has 1 saturated heterocycles. The van der Waals surface area contributed by atoms with E-state index < -0.39 is 0 Å². The lowest BCUT2D eigenvalue weighted by Crippen LogP contribution is -2.52. The molecule has 1 aromatic carbocycles. The van der Waals surface area contributed by atoms with E-state index in [0.717, 1.165) is 31.6 Å². The van der Waals surface area contributed by atoms with Crippen molar-refractivity contribution >= 4 is 10.9 Å². The van der Waals surface area contributed by atoms with Crippen LogP contribution in [0.2, 0.25) is 0 Å². The molecular formula is C25H33N7O4. The second-order valence-corrected chi connectivity index (χ2v) is 9.87. The average Bonchev–Trinajstić information content (AvgIpc) is 3.57. The molecule has 192 valence electrons. The van der Waals surface area contributed by atoms with Crippen LogP contribution in [0.25, 0.3) is 10.9 Å². The van der Waals surface area contributed by atoms with E-state index in [0.29, 0.717) is 47.6 Å². The van der Waals surface area contributed by atoms with Crippen molar-refractivity contribution in [3.8, 4) is 11.5 Å². The largest absolute Gasteiger partial charge is 0.454 e. The summed E-state index contributed by atoms with van der Waals surface area (Å²) in [6.45, 7) is 4.83. The van der Waals surface area contributed by atoms with Gasteiger partial charge in [-0.3, -0.25) is 14.6 Å². The van der Waals surface area contributed by atoms with Crippen LogP contribution < -0.4 is 15.0 Å². The zero-order valence-electron chi connectivity index (χ0n) is 20.7. The minimum absolute atomic E-state index is 0.151. The third-order valence-corrected chi connectivity index (χ3v) is 7.78. The molecule has 11 heteroatoms. The minimum atomic E-state index is -0.371. The summed E-state index contributed by atoms with van der Waals surface area (Å²) in [5.74, 6) is 1.98. The van der Waals surface area contributed by atoms with Gasteiger partial charge >= 0.3 is 0 Å². The highest BCUT2D eigenvalue weighted by molar-refractivity contribution is 5.83. The first-order valence-electron chi connectivity index (χ1n) is 12.9. The fourth-order valence-electron chi connectivity index (χ4n) is 5.87. The Morgan fingerprint density at radius 2 is 1.86 bits per heavy atom. The maximum Gasteiger partial charge on any atom is 0.253 e. The molecule has 36 heavy (non-hydrogen) atoms. The van der Waals surface area contributed by atoms with Gasteiger partial charge in [0.25, 0.3) is 5.56 Å². The summed E-state index contributed by atoms with van der Waals surface area (Å²) in [5.41, 5.74) is 1.19. The fourth-order valence-corrected chi connectivity index (χ4v) is 5.87. The lowest BCUT2D eigenvalue weighted by Gasteiger charge is -2.42. The molecule has 0 unspecified atom stereocenters. The SMILES string of the molecule is COCCn1nnnc1[C@@H](c1cc2cc3c(cc2[nH]c1=O)OCO3)N1CCN(C2CCCCC2)CC1. The molecule has 2 aromatic heterocycles. The number of nitrogens with one attached hydrogen (secondary N) is 1. The first kappa shape index (κ1) is 23.4. The van der Waals surface area contributed by atoms with Gasteiger partial charge in [0.05, 0.1) is 18.7 Å². The third-order valence-electron chi connectivity index (χ3n) is 7.78. The van der Waals surface area contributed by atoms with Gasteiger partial charge in [-0.05, 0) is 35.4 Å². The standard InChI is InChI=1S/C25H33N7O4/c1-34-12-11-32-24(27-28-29-32)23(31-9-7-30(8-10-31)18-5-3-2-4-6-18)19-13-17-14-21-22(36-16-35-21)15-20(17)26-25(19)33/h13-15,18,23H,2-12,16H2,1H3,(H,26,33)/t23-/m1/s1. The number of pyridine rings is 1. The lowest BCUT2D eigenvalue weighted by molar-refractivity contribution is 0.0612. The maximum absolute atomic E-state index is 13.5. The van der Waals surface area contributed by atoms with Crippen LogP contribution in [-0.4, -0.2) is 87.7 Å². The Bertz CT molecular complexity index is 1260. The van der Waals surface area contributed by atoms with Gasteiger partial charge in [-0.25, -0.2) is 4.68 Å². The van der Waals surface area contributed by atoms with Crippen molar-refractivity contribution in [3.05, 3.63) is 39.9 Å². The number of methoxy groups -OCH3 is 1. The van der Waals surface area contributed by atoms with Gasteiger partial charge < -0.3 is 19.2 Å². The summed E-state index contributed by atoms with van der Waals surface area (Å²) in [6.07, 6.45) is 6.59. The topological polar surface area (TPSA) is 111 Å². The number of fused-ring (bicyclic) bond motifs is 2. The maximum atomic E-state index is 13.5. The Morgan fingerprint density at radius 1 is 1.08 bits per heavy atom. The van der Waals surface area contributed by atoms with E-state index >= 15 is 0 Å². The molecule has 3 aliphatic rings. The number of hydrogen-bond donors (Lipinski definition) is 1. The van der Waals surface area contributed by atoms with Crippen LogP contribution in [0.1, 0.15) is 49.5 Å². The van der Waals surface area contributed by atoms with Crippen LogP contribution in [0.4, 0.5) is 0 Å². The molecule has 2 aliphatic heterocycles. The number of benzene rings is 1. The smallest absolute Gasteiger partial charge is 0.253 e. The molecule has 0 spiro atoms. The Hall–Kier alpha value is -3.02. The number of ether oxygens (including phenoxy) is 3. The second-order valence-electron chi connectivity index (χ2n) is 9.87. The Morgan fingerprint density at radius 3 is 2.64 bits per heavy atom. The molecule has 11 nitrogen and oxygen atoms in total. The summed E-state index contributed by atoms with van der Waals surface area (Å²) < 4.78 is 18.1. The Kier molecular flexibility index (Phi) is 6.60. The van der Waals surface area contributed by atoms with E-state index in [2.05, 4.69) is 30.3 Å². The van der Waals surface area contributed by atoms with Crippen molar-refractivity contribution in [1.29, 1.82) is 0 Å². The zero-order valence-corrected chi connectivity index (χ0v) is 20.7. The van der Waals surface area contributed by atoms with Crippen LogP contribution in [0.15, 0.2) is 23.0 Å². The number of rotatable bonds is 7. The van der Waals surface area contributed by atoms with Gasteiger partial charge in [-0.1, -0.05) is 19.3 Å². The van der Waals surface area contributed by atoms with Gasteiger partial charge in [0.2, 0.25) is 6.79 Å². The molecule has 1 saturated carbocycles. The van der Waals surface area contributed by atoms with E-state index in [9.17, 15) is 4.79 Å². The molecule has 3 aromatic rings. The highest BCUT2D eigenvalue weighted by Crippen LogP contribution is 2.36. The number of nitrogens with zero attached hydrogens (tertiary/aromatic N) is 6. The lowest BCUT2D eigenvalue weighted by atomic mass is 9.93. The number of H-pyrrole nitrogens is 1. The van der Waals surface area contributed by atoms with Crippen LogP contribution in [-0.2, 0) is 11.3 Å². The minimum Gasteiger partial charge on any atom is -0.454 e. The number of aromatic amines is 1. The van der Waals surface area contributed by atoms with Crippen LogP contribution >= 0.6 is 0 Å². The van der Waals surface area contributed by atoms with Crippen molar-refractivity contribution in [3.63, 3.8) is 0 Å². The van der Waals surface area contributed by atoms with Crippen molar-refractivity contribution in [2.75, 3.05) is 46.7 Å². The fraction of sp³-hybridized carbons (Fsp3) is 0.600. The van der Waals surface area contributed by atoms with Crippen molar-refractivity contribution < 1.29 is 14.2 Å². The summed E-state index contributed by atoms with van der Waals surface area (Å²) in [5, 5.41) is 13.5. The van der Waals surface area contributed by atoms with Crippen molar-refractivity contribution in [1.82, 2.24) is 35.0 Å². The van der Waals surface area contributed by atoms with E-state index in [4.69, 9.17) is 14.2 Å². The van der Waals surface area contributed by atoms with Crippen LogP contribution in [0.3, 0.4) is 0 Å². The van der Waals surface area contributed by atoms with Crippen molar-refractivity contribution in [2.45, 2.75) is 50.7 Å². The second kappa shape index (κ2) is 10.2. The number of piperazine rings is 1. The molecule has 1 aliphatic carbocycles. The zero-order chi connectivity index (χ0) is 24.5. The summed E-state index contributed by atoms with van der Waals surface area (Å²) in [6, 6.07) is 6.00. The summed E-state index contributed by atoms with van der Waals surface area (Å²) in [7, 11) is 1.66. The Labute approximate surface area is 209 Å². The first-order valence-corrected chi connectivity index (χ1v) is 12.9. The predicted molar refractivity (Wildman–Crippen MR) is 132 cm³/mol. The average molecular weight is 496 g/mol. The molecule has 0 radical (unpaired) electrons. The molecule has 6 rings (SSSR count). The Balaban J connectivity index is 1.35. The highest BCUT2D eigenvalue weighted by Gasteiger charge is 2.34. The molecule has 0 amide bonds. The van der Waals surface area contributed by atoms with Gasteiger partial charge in [-0.2, -0.15) is 0 Å². The molecule has 1 atom stereocenters. The number of tetrazole rings is 1. The summed E-state index contributed by atoms with van der Waals surface area (Å²) in [4.78, 5) is 21.5. The van der Waals surface area contributed by atoms with E-state index in [1.54, 1.807) is 11.8 Å². The van der Waals surface area contributed by atoms with Gasteiger partial charge in [0.1, 0.15) is 6.04 Å². The monoisotopic (exact) mass is 495 g/mol. The van der Waals surface area contributed by atoms with Crippen LogP contribution in [0, 0.1) is 0 Å². The highest BCUT2D eigenvalue weighted by atomic mass is 16.7. The van der Waals surface area contributed by atoms with E-state index in [-0.39, 0.29) is 18.4 Å². The van der Waals surface area contributed by atoms with Gasteiger partial charge in [-0.15, -0.1) is 5.10 Å². The van der Waals surface area contributed by atoms with E-state index in [1.807, 2.05) is 18.2 Å². The van der Waals surface area contributed by atoms with Crippen molar-refractivity contribution in [2.24, 2.45) is 0 Å². The van der Waals surface area contributed by atoms with Gasteiger partial charge in [0, 0.05) is 56.3 Å². The quantitative estimate of drug-likeness (QED) is 0.526. The molecule has 4 heterocycles. The third kappa shape index (κ3) is 4.46. The normalized spacial score (nSPS) is 20.2.